The molecule has 68 valence electrons. The maximum atomic E-state index is 5.48. The van der Waals surface area contributed by atoms with E-state index in [4.69, 9.17) is 5.73 Å². The third-order valence-electron chi connectivity index (χ3n) is 2.05. The molecule has 1 rings (SSSR count). The Morgan fingerprint density at radius 1 is 1.58 bits per heavy atom. The number of nitrogens with zero attached hydrogens (tertiary/aromatic N) is 2. The number of hydrogen-bond acceptors (Lipinski definition) is 2. The molecule has 0 amide bonds. The summed E-state index contributed by atoms with van der Waals surface area (Å²) in [6, 6.07) is 0.441. The van der Waals surface area contributed by atoms with Crippen molar-refractivity contribution < 1.29 is 0 Å². The van der Waals surface area contributed by atoms with E-state index in [1.165, 1.54) is 11.3 Å². The molecule has 0 fully saturated rings. The van der Waals surface area contributed by atoms with Gasteiger partial charge in [-0.3, -0.25) is 4.68 Å². The first-order valence-electron chi connectivity index (χ1n) is 4.40. The zero-order chi connectivity index (χ0) is 9.14. The summed E-state index contributed by atoms with van der Waals surface area (Å²) in [7, 11) is 0. The SMILES string of the molecule is Cc1c(CCN)cnn1C(C)C. The van der Waals surface area contributed by atoms with E-state index >= 15 is 0 Å². The molecule has 0 unspecified atom stereocenters. The predicted octanol–water partition coefficient (Wildman–Crippen LogP) is 1.27. The molecule has 0 aliphatic rings. The first-order valence-corrected chi connectivity index (χ1v) is 4.40. The first-order chi connectivity index (χ1) is 5.66. The lowest BCUT2D eigenvalue weighted by Gasteiger charge is -2.08. The van der Waals surface area contributed by atoms with E-state index in [2.05, 4.69) is 25.9 Å². The van der Waals surface area contributed by atoms with Crippen LogP contribution in [0.3, 0.4) is 0 Å². The number of nitrogens with two attached hydrogens (primary N) is 1. The Morgan fingerprint density at radius 3 is 2.67 bits per heavy atom. The lowest BCUT2D eigenvalue weighted by molar-refractivity contribution is 0.518. The summed E-state index contributed by atoms with van der Waals surface area (Å²) < 4.78 is 2.03. The van der Waals surface area contributed by atoms with Crippen molar-refractivity contribution in [3.63, 3.8) is 0 Å². The van der Waals surface area contributed by atoms with Crippen LogP contribution in [0.5, 0.6) is 0 Å². The highest BCUT2D eigenvalue weighted by Crippen LogP contribution is 2.12. The molecule has 1 aromatic heterocycles. The lowest BCUT2D eigenvalue weighted by Crippen LogP contribution is -2.07. The molecule has 0 atom stereocenters. The average Bonchev–Trinajstić information content (AvgIpc) is 2.34. The van der Waals surface area contributed by atoms with Crippen LogP contribution in [0.4, 0.5) is 0 Å². The molecule has 0 saturated heterocycles. The third kappa shape index (κ3) is 1.67. The largest absolute Gasteiger partial charge is 0.330 e. The van der Waals surface area contributed by atoms with Crippen LogP contribution >= 0.6 is 0 Å². The zero-order valence-corrected chi connectivity index (χ0v) is 8.04. The molecule has 0 bridgehead atoms. The monoisotopic (exact) mass is 167 g/mol. The number of rotatable bonds is 3. The third-order valence-corrected chi connectivity index (χ3v) is 2.05. The van der Waals surface area contributed by atoms with E-state index in [0.29, 0.717) is 12.6 Å². The van der Waals surface area contributed by atoms with Gasteiger partial charge in [0, 0.05) is 11.7 Å². The average molecular weight is 167 g/mol. The van der Waals surface area contributed by atoms with Gasteiger partial charge in [-0.15, -0.1) is 0 Å². The van der Waals surface area contributed by atoms with Crippen LogP contribution in [0.15, 0.2) is 6.20 Å². The quantitative estimate of drug-likeness (QED) is 0.736. The van der Waals surface area contributed by atoms with Crippen LogP contribution in [-0.2, 0) is 6.42 Å². The van der Waals surface area contributed by atoms with Gasteiger partial charge in [0.05, 0.1) is 6.20 Å². The maximum absolute atomic E-state index is 5.48. The molecule has 12 heavy (non-hydrogen) atoms. The molecule has 0 saturated carbocycles. The Hall–Kier alpha value is -0.830. The Morgan fingerprint density at radius 2 is 2.25 bits per heavy atom. The Bertz CT molecular complexity index is 250. The first kappa shape index (κ1) is 9.26. The minimum Gasteiger partial charge on any atom is -0.330 e. The fourth-order valence-electron chi connectivity index (χ4n) is 1.38. The fourth-order valence-corrected chi connectivity index (χ4v) is 1.38. The van der Waals surface area contributed by atoms with Crippen molar-refractivity contribution >= 4 is 0 Å². The van der Waals surface area contributed by atoms with Gasteiger partial charge < -0.3 is 5.73 Å². The van der Waals surface area contributed by atoms with Gasteiger partial charge in [0.15, 0.2) is 0 Å². The van der Waals surface area contributed by atoms with E-state index in [0.717, 1.165) is 6.42 Å². The van der Waals surface area contributed by atoms with E-state index < -0.39 is 0 Å². The summed E-state index contributed by atoms with van der Waals surface area (Å²) in [6.45, 7) is 7.06. The molecular weight excluding hydrogens is 150 g/mol. The summed E-state index contributed by atoms with van der Waals surface area (Å²) in [5.41, 5.74) is 7.99. The minimum atomic E-state index is 0.441. The second-order valence-corrected chi connectivity index (χ2v) is 3.33. The van der Waals surface area contributed by atoms with E-state index in [1.807, 2.05) is 10.9 Å². The van der Waals surface area contributed by atoms with Gasteiger partial charge in [-0.05, 0) is 39.3 Å². The van der Waals surface area contributed by atoms with Crippen molar-refractivity contribution in [3.05, 3.63) is 17.5 Å². The van der Waals surface area contributed by atoms with E-state index in [-0.39, 0.29) is 0 Å². The predicted molar refractivity (Wildman–Crippen MR) is 50.1 cm³/mol. The van der Waals surface area contributed by atoms with Gasteiger partial charge in [-0.1, -0.05) is 0 Å². The van der Waals surface area contributed by atoms with Crippen LogP contribution in [0.25, 0.3) is 0 Å². The highest BCUT2D eigenvalue weighted by atomic mass is 15.3. The van der Waals surface area contributed by atoms with Crippen molar-refractivity contribution in [3.8, 4) is 0 Å². The molecule has 2 N–H and O–H groups in total. The van der Waals surface area contributed by atoms with E-state index in [1.54, 1.807) is 0 Å². The molecule has 0 spiro atoms. The van der Waals surface area contributed by atoms with Crippen LogP contribution in [-0.4, -0.2) is 16.3 Å². The van der Waals surface area contributed by atoms with Gasteiger partial charge in [0.25, 0.3) is 0 Å². The number of hydrogen-bond donors (Lipinski definition) is 1. The van der Waals surface area contributed by atoms with Gasteiger partial charge >= 0.3 is 0 Å². The lowest BCUT2D eigenvalue weighted by atomic mass is 10.2. The van der Waals surface area contributed by atoms with Crippen molar-refractivity contribution in [2.45, 2.75) is 33.2 Å². The van der Waals surface area contributed by atoms with Crippen molar-refractivity contribution in [1.29, 1.82) is 0 Å². The standard InChI is InChI=1S/C9H17N3/c1-7(2)12-8(3)9(4-5-10)6-11-12/h6-7H,4-5,10H2,1-3H3. The fraction of sp³-hybridized carbons (Fsp3) is 0.667. The highest BCUT2D eigenvalue weighted by molar-refractivity contribution is 5.16. The van der Waals surface area contributed by atoms with E-state index in [9.17, 15) is 0 Å². The molecular formula is C9H17N3. The van der Waals surface area contributed by atoms with Crippen molar-refractivity contribution in [2.24, 2.45) is 5.73 Å². The summed E-state index contributed by atoms with van der Waals surface area (Å²) in [5.74, 6) is 0. The van der Waals surface area contributed by atoms with Crippen LogP contribution < -0.4 is 5.73 Å². The highest BCUT2D eigenvalue weighted by Gasteiger charge is 2.06. The Labute approximate surface area is 73.6 Å². The summed E-state index contributed by atoms with van der Waals surface area (Å²) in [4.78, 5) is 0. The number of aromatic nitrogens is 2. The summed E-state index contributed by atoms with van der Waals surface area (Å²) in [5, 5.41) is 4.29. The van der Waals surface area contributed by atoms with Crippen molar-refractivity contribution in [1.82, 2.24) is 9.78 Å². The molecule has 0 aromatic carbocycles. The topological polar surface area (TPSA) is 43.8 Å². The normalized spacial score (nSPS) is 11.1. The molecule has 0 aliphatic carbocycles. The van der Waals surface area contributed by atoms with Gasteiger partial charge in [-0.2, -0.15) is 5.10 Å². The molecule has 0 radical (unpaired) electrons. The smallest absolute Gasteiger partial charge is 0.0525 e. The van der Waals surface area contributed by atoms with Crippen LogP contribution in [0.1, 0.15) is 31.1 Å². The summed E-state index contributed by atoms with van der Waals surface area (Å²) >= 11 is 0. The van der Waals surface area contributed by atoms with Crippen molar-refractivity contribution in [2.75, 3.05) is 6.54 Å². The van der Waals surface area contributed by atoms with Gasteiger partial charge in [-0.25, -0.2) is 0 Å². The van der Waals surface area contributed by atoms with Crippen LogP contribution in [0, 0.1) is 6.92 Å². The Kier molecular flexibility index (Phi) is 2.87. The Balaban J connectivity index is 2.88. The zero-order valence-electron chi connectivity index (χ0n) is 8.04. The minimum absolute atomic E-state index is 0.441. The molecule has 0 aliphatic heterocycles. The maximum Gasteiger partial charge on any atom is 0.0525 e. The second kappa shape index (κ2) is 3.72. The molecule has 3 nitrogen and oxygen atoms in total. The summed E-state index contributed by atoms with van der Waals surface area (Å²) in [6.07, 6.45) is 2.85. The van der Waals surface area contributed by atoms with Gasteiger partial charge in [0.1, 0.15) is 0 Å². The molecule has 1 heterocycles. The van der Waals surface area contributed by atoms with Crippen LogP contribution in [0.2, 0.25) is 0 Å². The molecule has 3 heteroatoms. The van der Waals surface area contributed by atoms with Gasteiger partial charge in [0.2, 0.25) is 0 Å². The molecule has 1 aromatic rings. The second-order valence-electron chi connectivity index (χ2n) is 3.33.